The van der Waals surface area contributed by atoms with E-state index in [0.29, 0.717) is 20.7 Å². The van der Waals surface area contributed by atoms with Crippen LogP contribution in [0.25, 0.3) is 10.2 Å². The number of nitrogens with zero attached hydrogens (tertiary/aromatic N) is 1. The number of hydrogen-bond donors (Lipinski definition) is 2. The summed E-state index contributed by atoms with van der Waals surface area (Å²) in [6, 6.07) is 4.59. The molecule has 2 aromatic heterocycles. The van der Waals surface area contributed by atoms with E-state index in [1.165, 1.54) is 12.1 Å². The molecule has 0 saturated carbocycles. The predicted octanol–water partition coefficient (Wildman–Crippen LogP) is 3.40. The number of ether oxygens (including phenoxy) is 2. The molecule has 29 heavy (non-hydrogen) atoms. The minimum Gasteiger partial charge on any atom is -0.507 e. The Hall–Kier alpha value is -3.20. The van der Waals surface area contributed by atoms with E-state index in [4.69, 9.17) is 9.47 Å². The van der Waals surface area contributed by atoms with Gasteiger partial charge in [0.2, 0.25) is 0 Å². The summed E-state index contributed by atoms with van der Waals surface area (Å²) in [6.45, 7) is 6.92. The lowest BCUT2D eigenvalue weighted by molar-refractivity contribution is 0.0316. The van der Waals surface area contributed by atoms with Crippen molar-refractivity contribution >= 4 is 33.5 Å². The van der Waals surface area contributed by atoms with Gasteiger partial charge in [0, 0.05) is 0 Å². The van der Waals surface area contributed by atoms with Gasteiger partial charge in [0.05, 0.1) is 12.0 Å². The number of fused-ring (bicyclic) bond motifs is 1. The van der Waals surface area contributed by atoms with Crippen LogP contribution in [0.2, 0.25) is 0 Å². The lowest BCUT2D eigenvalue weighted by Crippen LogP contribution is -2.17. The molecule has 0 amide bonds. The highest BCUT2D eigenvalue weighted by atomic mass is 32.1. The molecule has 1 atom stereocenters. The zero-order chi connectivity index (χ0) is 21.3. The summed E-state index contributed by atoms with van der Waals surface area (Å²) in [5.41, 5.74) is 0.876. The Bertz CT molecular complexity index is 1160. The highest BCUT2D eigenvalue weighted by Gasteiger charge is 2.23. The van der Waals surface area contributed by atoms with Gasteiger partial charge in [-0.15, -0.1) is 11.3 Å². The summed E-state index contributed by atoms with van der Waals surface area (Å²) in [5.74, 6) is -1.31. The number of rotatable bonds is 5. The number of aryl methyl sites for hydroxylation is 2. The predicted molar refractivity (Wildman–Crippen MR) is 108 cm³/mol. The standard InChI is InChI=1S/C20H20N2O6S/c1-5-27-20(26)15-10(3)14-17(24)21-16(22-18(14)29-15)11(4)28-19(25)12-8-9(2)6-7-13(12)23/h6-8,11,23H,5H2,1-4H3,(H,21,22,24)/t11-/m0/s1. The number of phenolic OH excluding ortho intramolecular Hbond substituents is 1. The fourth-order valence-electron chi connectivity index (χ4n) is 2.84. The molecule has 0 aliphatic rings. The van der Waals surface area contributed by atoms with Crippen molar-refractivity contribution in [3.63, 3.8) is 0 Å². The molecule has 0 aliphatic heterocycles. The third kappa shape index (κ3) is 4.00. The first-order chi connectivity index (χ1) is 13.7. The van der Waals surface area contributed by atoms with E-state index in [-0.39, 0.29) is 23.7 Å². The fourth-order valence-corrected chi connectivity index (χ4v) is 3.92. The Kier molecular flexibility index (Phi) is 5.69. The molecule has 2 N–H and O–H groups in total. The molecule has 0 radical (unpaired) electrons. The van der Waals surface area contributed by atoms with Crippen LogP contribution in [-0.4, -0.2) is 33.6 Å². The molecule has 3 rings (SSSR count). The smallest absolute Gasteiger partial charge is 0.348 e. The van der Waals surface area contributed by atoms with Crippen LogP contribution < -0.4 is 5.56 Å². The number of aromatic hydroxyl groups is 1. The number of aromatic amines is 1. The first kappa shape index (κ1) is 20.5. The van der Waals surface area contributed by atoms with Crippen molar-refractivity contribution in [1.29, 1.82) is 0 Å². The number of carbonyl (C=O) groups excluding carboxylic acids is 2. The van der Waals surface area contributed by atoms with Crippen molar-refractivity contribution in [3.8, 4) is 5.75 Å². The molecule has 0 bridgehead atoms. The SMILES string of the molecule is CCOC(=O)c1sc2nc([C@H](C)OC(=O)c3cc(C)ccc3O)[nH]c(=O)c2c1C. The van der Waals surface area contributed by atoms with Crippen LogP contribution in [0.5, 0.6) is 5.75 Å². The van der Waals surface area contributed by atoms with Gasteiger partial charge < -0.3 is 19.6 Å². The van der Waals surface area contributed by atoms with Gasteiger partial charge in [-0.05, 0) is 45.4 Å². The number of hydrogen-bond acceptors (Lipinski definition) is 8. The van der Waals surface area contributed by atoms with Crippen molar-refractivity contribution in [2.24, 2.45) is 0 Å². The van der Waals surface area contributed by atoms with Crippen molar-refractivity contribution in [1.82, 2.24) is 9.97 Å². The average molecular weight is 416 g/mol. The van der Waals surface area contributed by atoms with Crippen LogP contribution in [-0.2, 0) is 9.47 Å². The van der Waals surface area contributed by atoms with Crippen LogP contribution in [0.4, 0.5) is 0 Å². The minimum absolute atomic E-state index is 0.0249. The Balaban J connectivity index is 1.93. The molecule has 0 spiro atoms. The molecule has 0 aliphatic carbocycles. The lowest BCUT2D eigenvalue weighted by Gasteiger charge is -2.13. The molecular weight excluding hydrogens is 396 g/mol. The van der Waals surface area contributed by atoms with Crippen LogP contribution in [0.1, 0.15) is 56.9 Å². The summed E-state index contributed by atoms with van der Waals surface area (Å²) in [6.07, 6.45) is -0.882. The topological polar surface area (TPSA) is 119 Å². The third-order valence-electron chi connectivity index (χ3n) is 4.32. The summed E-state index contributed by atoms with van der Waals surface area (Å²) in [4.78, 5) is 44.7. The Labute approximate surface area is 170 Å². The van der Waals surface area contributed by atoms with Gasteiger partial charge in [0.25, 0.3) is 5.56 Å². The molecule has 3 aromatic rings. The maximum absolute atomic E-state index is 12.6. The van der Waals surface area contributed by atoms with E-state index < -0.39 is 23.6 Å². The summed E-state index contributed by atoms with van der Waals surface area (Å²) in [7, 11) is 0. The van der Waals surface area contributed by atoms with Gasteiger partial charge in [-0.2, -0.15) is 0 Å². The molecule has 152 valence electrons. The second-order valence-corrected chi connectivity index (χ2v) is 7.48. The second-order valence-electron chi connectivity index (χ2n) is 6.48. The van der Waals surface area contributed by atoms with Crippen LogP contribution in [0, 0.1) is 13.8 Å². The monoisotopic (exact) mass is 416 g/mol. The number of carbonyl (C=O) groups is 2. The van der Waals surface area contributed by atoms with E-state index in [1.54, 1.807) is 33.8 Å². The van der Waals surface area contributed by atoms with Crippen molar-refractivity contribution in [2.75, 3.05) is 6.61 Å². The summed E-state index contributed by atoms with van der Waals surface area (Å²) in [5, 5.41) is 10.2. The summed E-state index contributed by atoms with van der Waals surface area (Å²) < 4.78 is 10.4. The maximum atomic E-state index is 12.6. The summed E-state index contributed by atoms with van der Waals surface area (Å²) >= 11 is 1.05. The number of phenols is 1. The van der Waals surface area contributed by atoms with E-state index in [1.807, 2.05) is 0 Å². The molecule has 0 fully saturated rings. The van der Waals surface area contributed by atoms with Gasteiger partial charge in [0.1, 0.15) is 21.0 Å². The highest BCUT2D eigenvalue weighted by Crippen LogP contribution is 2.29. The Morgan fingerprint density at radius 2 is 2.00 bits per heavy atom. The number of thiophene rings is 1. The molecule has 9 heteroatoms. The highest BCUT2D eigenvalue weighted by molar-refractivity contribution is 7.20. The average Bonchev–Trinajstić information content (AvgIpc) is 3.01. The van der Waals surface area contributed by atoms with Gasteiger partial charge in [-0.25, -0.2) is 14.6 Å². The first-order valence-corrected chi connectivity index (χ1v) is 9.75. The van der Waals surface area contributed by atoms with E-state index in [0.717, 1.165) is 16.9 Å². The maximum Gasteiger partial charge on any atom is 0.348 e. The molecular formula is C20H20N2O6S. The zero-order valence-corrected chi connectivity index (χ0v) is 17.2. The minimum atomic E-state index is -0.882. The van der Waals surface area contributed by atoms with Crippen LogP contribution in [0.3, 0.4) is 0 Å². The number of H-pyrrole nitrogens is 1. The molecule has 1 aromatic carbocycles. The Morgan fingerprint density at radius 1 is 1.28 bits per heavy atom. The number of benzene rings is 1. The van der Waals surface area contributed by atoms with Crippen LogP contribution in [0.15, 0.2) is 23.0 Å². The molecule has 0 saturated heterocycles. The van der Waals surface area contributed by atoms with Crippen LogP contribution >= 0.6 is 11.3 Å². The van der Waals surface area contributed by atoms with E-state index in [9.17, 15) is 19.5 Å². The number of aromatic nitrogens is 2. The fraction of sp³-hybridized carbons (Fsp3) is 0.300. The van der Waals surface area contributed by atoms with E-state index in [2.05, 4.69) is 9.97 Å². The van der Waals surface area contributed by atoms with Gasteiger partial charge >= 0.3 is 11.9 Å². The normalized spacial score (nSPS) is 12.0. The van der Waals surface area contributed by atoms with Gasteiger partial charge in [0.15, 0.2) is 11.9 Å². The first-order valence-electron chi connectivity index (χ1n) is 8.94. The quantitative estimate of drug-likeness (QED) is 0.612. The van der Waals surface area contributed by atoms with E-state index >= 15 is 0 Å². The van der Waals surface area contributed by atoms with Crippen molar-refractivity contribution < 1.29 is 24.2 Å². The Morgan fingerprint density at radius 3 is 2.69 bits per heavy atom. The molecule has 0 unspecified atom stereocenters. The van der Waals surface area contributed by atoms with Crippen molar-refractivity contribution in [3.05, 3.63) is 55.9 Å². The largest absolute Gasteiger partial charge is 0.507 e. The number of esters is 2. The number of nitrogens with one attached hydrogen (secondary N) is 1. The second kappa shape index (κ2) is 8.04. The third-order valence-corrected chi connectivity index (χ3v) is 5.49. The molecule has 2 heterocycles. The van der Waals surface area contributed by atoms with Crippen molar-refractivity contribution in [2.45, 2.75) is 33.8 Å². The lowest BCUT2D eigenvalue weighted by atomic mass is 10.1. The zero-order valence-electron chi connectivity index (χ0n) is 16.4. The van der Waals surface area contributed by atoms with Gasteiger partial charge in [-0.1, -0.05) is 11.6 Å². The van der Waals surface area contributed by atoms with Gasteiger partial charge in [-0.3, -0.25) is 4.79 Å². The molecule has 8 nitrogen and oxygen atoms in total.